The van der Waals surface area contributed by atoms with Gasteiger partial charge in [-0.3, -0.25) is 0 Å². The van der Waals surface area contributed by atoms with Gasteiger partial charge >= 0.3 is 0 Å². The first-order valence-electron chi connectivity index (χ1n) is 9.40. The third kappa shape index (κ3) is 2.71. The highest BCUT2D eigenvalue weighted by molar-refractivity contribution is 5.88. The van der Waals surface area contributed by atoms with Crippen molar-refractivity contribution in [2.24, 2.45) is 11.8 Å². The third-order valence-electron chi connectivity index (χ3n) is 5.83. The van der Waals surface area contributed by atoms with Crippen molar-refractivity contribution in [2.45, 2.75) is 6.42 Å². The number of fused-ring (bicyclic) bond motifs is 4. The smallest absolute Gasteiger partial charge is 0.0433 e. The second kappa shape index (κ2) is 6.20. The minimum Gasteiger partial charge on any atom is -0.369 e. The molecule has 2 aromatic carbocycles. The van der Waals surface area contributed by atoms with Gasteiger partial charge in [0.1, 0.15) is 0 Å². The van der Waals surface area contributed by atoms with E-state index in [1.165, 1.54) is 41.8 Å². The molecule has 2 unspecified atom stereocenters. The number of nitrogens with one attached hydrogen (secondary N) is 1. The molecule has 2 aromatic rings. The quantitative estimate of drug-likeness (QED) is 0.895. The van der Waals surface area contributed by atoms with E-state index in [0.717, 1.165) is 19.0 Å². The molecule has 0 aromatic heterocycles. The second-order valence-electron chi connectivity index (χ2n) is 7.54. The van der Waals surface area contributed by atoms with Gasteiger partial charge in [0, 0.05) is 36.8 Å². The molecule has 0 amide bonds. The molecular formula is C23H24N2. The van der Waals surface area contributed by atoms with Crippen LogP contribution in [0.4, 0.5) is 0 Å². The summed E-state index contributed by atoms with van der Waals surface area (Å²) >= 11 is 0. The van der Waals surface area contributed by atoms with Crippen molar-refractivity contribution in [3.63, 3.8) is 0 Å². The van der Waals surface area contributed by atoms with E-state index in [2.05, 4.69) is 77.0 Å². The molecule has 1 N–H and O–H groups in total. The Morgan fingerprint density at radius 2 is 1.56 bits per heavy atom. The van der Waals surface area contributed by atoms with Gasteiger partial charge in [0.15, 0.2) is 0 Å². The largest absolute Gasteiger partial charge is 0.369 e. The zero-order valence-electron chi connectivity index (χ0n) is 14.5. The number of allylic oxidation sites excluding steroid dienone is 2. The first kappa shape index (κ1) is 15.0. The highest BCUT2D eigenvalue weighted by Crippen LogP contribution is 2.42. The van der Waals surface area contributed by atoms with Crippen LogP contribution in [0.3, 0.4) is 0 Å². The maximum absolute atomic E-state index is 3.65. The molecule has 0 aliphatic carbocycles. The van der Waals surface area contributed by atoms with Gasteiger partial charge in [-0.15, -0.1) is 0 Å². The molecule has 3 aliphatic rings. The van der Waals surface area contributed by atoms with Gasteiger partial charge in [-0.25, -0.2) is 0 Å². The number of hydrogen-bond donors (Lipinski definition) is 1. The van der Waals surface area contributed by atoms with Gasteiger partial charge in [-0.1, -0.05) is 60.7 Å². The predicted octanol–water partition coefficient (Wildman–Crippen LogP) is 4.04. The Kier molecular flexibility index (Phi) is 3.71. The molecule has 2 atom stereocenters. The Morgan fingerprint density at radius 3 is 2.32 bits per heavy atom. The minimum atomic E-state index is 0.649. The van der Waals surface area contributed by atoms with Gasteiger partial charge in [-0.05, 0) is 41.7 Å². The molecule has 2 heteroatoms. The molecule has 0 saturated carbocycles. The zero-order valence-corrected chi connectivity index (χ0v) is 14.5. The molecule has 3 heterocycles. The Hall–Kier alpha value is -2.32. The van der Waals surface area contributed by atoms with E-state index in [4.69, 9.17) is 0 Å². The van der Waals surface area contributed by atoms with Gasteiger partial charge in [-0.2, -0.15) is 0 Å². The molecule has 2 fully saturated rings. The normalized spacial score (nSPS) is 25.4. The maximum Gasteiger partial charge on any atom is 0.0433 e. The van der Waals surface area contributed by atoms with Crippen LogP contribution in [0.15, 0.2) is 72.4 Å². The van der Waals surface area contributed by atoms with Crippen LogP contribution in [0.2, 0.25) is 0 Å². The number of benzene rings is 2. The molecule has 0 radical (unpaired) electrons. The van der Waals surface area contributed by atoms with Gasteiger partial charge < -0.3 is 10.2 Å². The number of rotatable bonds is 2. The van der Waals surface area contributed by atoms with E-state index < -0.39 is 0 Å². The summed E-state index contributed by atoms with van der Waals surface area (Å²) in [5, 5.41) is 3.65. The predicted molar refractivity (Wildman–Crippen MR) is 104 cm³/mol. The van der Waals surface area contributed by atoms with Crippen molar-refractivity contribution in [3.05, 3.63) is 83.6 Å². The van der Waals surface area contributed by atoms with Crippen LogP contribution < -0.4 is 5.32 Å². The summed E-state index contributed by atoms with van der Waals surface area (Å²) in [6, 6.07) is 21.8. The van der Waals surface area contributed by atoms with E-state index in [1.807, 2.05) is 0 Å². The first-order valence-corrected chi connectivity index (χ1v) is 9.40. The summed E-state index contributed by atoms with van der Waals surface area (Å²) in [4.78, 5) is 2.67. The van der Waals surface area contributed by atoms with Crippen LogP contribution in [-0.4, -0.2) is 31.1 Å². The Morgan fingerprint density at radius 1 is 0.840 bits per heavy atom. The highest BCUT2D eigenvalue weighted by Gasteiger charge is 2.37. The fraction of sp³-hybridized carbons (Fsp3) is 0.304. The first-order chi connectivity index (χ1) is 12.4. The molecule has 126 valence electrons. The summed E-state index contributed by atoms with van der Waals surface area (Å²) in [7, 11) is 0. The SMILES string of the molecule is C1=C(c2ccccc2)CN2CC3CNCC(C3)C2=C1c1ccccc1. The third-order valence-corrected chi connectivity index (χ3v) is 5.83. The number of piperidine rings is 2. The van der Waals surface area contributed by atoms with Crippen LogP contribution in [0.25, 0.3) is 11.1 Å². The lowest BCUT2D eigenvalue weighted by atomic mass is 9.78. The van der Waals surface area contributed by atoms with Crippen LogP contribution in [0.5, 0.6) is 0 Å². The van der Waals surface area contributed by atoms with Crippen molar-refractivity contribution < 1.29 is 0 Å². The fourth-order valence-corrected chi connectivity index (χ4v) is 4.76. The standard InChI is InChI=1S/C23H24N2/c1-3-7-18(8-4-1)21-12-22(19-9-5-2-6-10-19)23-20-11-17(13-24-14-20)15-25(23)16-21/h1-10,12,17,20,24H,11,13-16H2. The summed E-state index contributed by atoms with van der Waals surface area (Å²) in [5.74, 6) is 1.44. The van der Waals surface area contributed by atoms with Crippen molar-refractivity contribution in [1.29, 1.82) is 0 Å². The average molecular weight is 328 g/mol. The van der Waals surface area contributed by atoms with E-state index in [1.54, 1.807) is 5.70 Å². The van der Waals surface area contributed by atoms with Crippen molar-refractivity contribution in [3.8, 4) is 0 Å². The van der Waals surface area contributed by atoms with Crippen molar-refractivity contribution in [1.82, 2.24) is 10.2 Å². The summed E-state index contributed by atoms with van der Waals surface area (Å²) in [5.41, 5.74) is 7.13. The number of hydrogen-bond acceptors (Lipinski definition) is 2. The molecule has 2 nitrogen and oxygen atoms in total. The lowest BCUT2D eigenvalue weighted by Crippen LogP contribution is -2.51. The molecule has 25 heavy (non-hydrogen) atoms. The highest BCUT2D eigenvalue weighted by atomic mass is 15.2. The van der Waals surface area contributed by atoms with Gasteiger partial charge in [0.05, 0.1) is 0 Å². The maximum atomic E-state index is 3.65. The topological polar surface area (TPSA) is 15.3 Å². The van der Waals surface area contributed by atoms with E-state index in [-0.39, 0.29) is 0 Å². The Bertz CT molecular complexity index is 820. The summed E-state index contributed by atoms with van der Waals surface area (Å²) in [6.07, 6.45) is 3.79. The molecule has 2 saturated heterocycles. The number of nitrogens with zero attached hydrogens (tertiary/aromatic N) is 1. The molecule has 3 aliphatic heterocycles. The van der Waals surface area contributed by atoms with E-state index >= 15 is 0 Å². The summed E-state index contributed by atoms with van der Waals surface area (Å²) in [6.45, 7) is 4.51. The van der Waals surface area contributed by atoms with Crippen LogP contribution in [-0.2, 0) is 0 Å². The monoisotopic (exact) mass is 328 g/mol. The van der Waals surface area contributed by atoms with Crippen LogP contribution in [0.1, 0.15) is 17.5 Å². The lowest BCUT2D eigenvalue weighted by Gasteiger charge is -2.47. The second-order valence-corrected chi connectivity index (χ2v) is 7.54. The van der Waals surface area contributed by atoms with Crippen molar-refractivity contribution in [2.75, 3.05) is 26.2 Å². The Balaban J connectivity index is 1.66. The summed E-state index contributed by atoms with van der Waals surface area (Å²) < 4.78 is 0. The zero-order chi connectivity index (χ0) is 16.6. The van der Waals surface area contributed by atoms with Gasteiger partial charge in [0.25, 0.3) is 0 Å². The molecule has 5 rings (SSSR count). The lowest BCUT2D eigenvalue weighted by molar-refractivity contribution is 0.160. The van der Waals surface area contributed by atoms with Crippen LogP contribution >= 0.6 is 0 Å². The van der Waals surface area contributed by atoms with Gasteiger partial charge in [0.2, 0.25) is 0 Å². The average Bonchev–Trinajstić information content (AvgIpc) is 2.68. The fourth-order valence-electron chi connectivity index (χ4n) is 4.76. The van der Waals surface area contributed by atoms with E-state index in [9.17, 15) is 0 Å². The molecule has 0 spiro atoms. The molecular weight excluding hydrogens is 304 g/mol. The Labute approximate surface area is 149 Å². The molecule has 2 bridgehead atoms. The van der Waals surface area contributed by atoms with Crippen molar-refractivity contribution >= 4 is 11.1 Å². The van der Waals surface area contributed by atoms with E-state index in [0.29, 0.717) is 5.92 Å². The van der Waals surface area contributed by atoms with Crippen LogP contribution in [0, 0.1) is 11.8 Å². The minimum absolute atomic E-state index is 0.649.